The minimum Gasteiger partial charge on any atom is -0.393 e. The molecule has 0 aromatic rings. The van der Waals surface area contributed by atoms with Gasteiger partial charge in [-0.05, 0) is 117 Å². The summed E-state index contributed by atoms with van der Waals surface area (Å²) in [4.78, 5) is 24.6. The maximum atomic E-state index is 12.5. The van der Waals surface area contributed by atoms with Crippen LogP contribution in [0.5, 0.6) is 0 Å². The van der Waals surface area contributed by atoms with Crippen LogP contribution in [0.15, 0.2) is 12.2 Å². The van der Waals surface area contributed by atoms with Gasteiger partial charge in [-0.15, -0.1) is 12.3 Å². The van der Waals surface area contributed by atoms with Gasteiger partial charge in [-0.2, -0.15) is 0 Å². The van der Waals surface area contributed by atoms with E-state index >= 15 is 0 Å². The van der Waals surface area contributed by atoms with Gasteiger partial charge < -0.3 is 26.0 Å². The van der Waals surface area contributed by atoms with Crippen molar-refractivity contribution in [3.05, 3.63) is 12.2 Å². The quantitative estimate of drug-likeness (QED) is 0.137. The third-order valence-electron chi connectivity index (χ3n) is 12.3. The second-order valence-electron chi connectivity index (χ2n) is 14.6. The van der Waals surface area contributed by atoms with Crippen LogP contribution in [0.25, 0.3) is 0 Å². The Bertz CT molecular complexity index is 1020. The van der Waals surface area contributed by atoms with E-state index in [1.807, 2.05) is 13.0 Å². The van der Waals surface area contributed by atoms with Crippen molar-refractivity contribution in [1.29, 1.82) is 0 Å². The minimum atomic E-state index is -0.575. The van der Waals surface area contributed by atoms with Gasteiger partial charge in [0.15, 0.2) is 0 Å². The standard InChI is InChI=1S/C35H56N2O5/c1-6-8-13-31(41)36-30(11-7-2)37-32(42)14-10-9-12-22(3)25-15-16-26-33-27(21-29(40)35(25,26)5)34(4)18-17-24(38)19-23(34)20-28(33)39/h2,10,14,22-30,33,38-40H,6,8-9,11-13,15-21H2,1,3-5H3,(H,36,41)(H,37,42)/t22-,23+,24-,25-,26+,27+,28-,29+,30?,33+,34+,35-/m1/s1. The number of hydrogen-bond acceptors (Lipinski definition) is 5. The lowest BCUT2D eigenvalue weighted by atomic mass is 9.43. The summed E-state index contributed by atoms with van der Waals surface area (Å²) in [5, 5.41) is 39.2. The van der Waals surface area contributed by atoms with E-state index in [9.17, 15) is 24.9 Å². The lowest BCUT2D eigenvalue weighted by molar-refractivity contribution is -0.207. The third kappa shape index (κ3) is 6.61. The molecule has 0 bridgehead atoms. The molecule has 5 N–H and O–H groups in total. The van der Waals surface area contributed by atoms with Gasteiger partial charge >= 0.3 is 0 Å². The van der Waals surface area contributed by atoms with Crippen LogP contribution in [0, 0.1) is 58.7 Å². The number of terminal acetylenes is 1. The fraction of sp³-hybridized carbons (Fsp3) is 0.829. The highest BCUT2D eigenvalue weighted by Gasteiger charge is 2.65. The van der Waals surface area contributed by atoms with Crippen molar-refractivity contribution in [3.8, 4) is 12.3 Å². The molecular formula is C35H56N2O5. The number of amides is 2. The van der Waals surface area contributed by atoms with Crippen molar-refractivity contribution < 1.29 is 24.9 Å². The number of carbonyl (C=O) groups is 2. The van der Waals surface area contributed by atoms with Gasteiger partial charge in [0.1, 0.15) is 6.17 Å². The molecule has 0 aliphatic heterocycles. The van der Waals surface area contributed by atoms with Gasteiger partial charge in [0.05, 0.1) is 18.3 Å². The molecule has 0 heterocycles. The molecule has 236 valence electrons. The highest BCUT2D eigenvalue weighted by atomic mass is 16.3. The molecule has 0 spiro atoms. The van der Waals surface area contributed by atoms with Crippen molar-refractivity contribution in [2.75, 3.05) is 0 Å². The smallest absolute Gasteiger partial charge is 0.245 e. The summed E-state index contributed by atoms with van der Waals surface area (Å²) < 4.78 is 0. The van der Waals surface area contributed by atoms with Crippen LogP contribution in [0.1, 0.15) is 111 Å². The first-order valence-corrected chi connectivity index (χ1v) is 16.7. The van der Waals surface area contributed by atoms with Crippen LogP contribution in [-0.4, -0.2) is 51.6 Å². The number of unbranched alkanes of at least 4 members (excludes halogenated alkanes) is 1. The largest absolute Gasteiger partial charge is 0.393 e. The van der Waals surface area contributed by atoms with E-state index in [0.717, 1.165) is 70.6 Å². The molecule has 4 fully saturated rings. The van der Waals surface area contributed by atoms with Crippen LogP contribution < -0.4 is 10.6 Å². The minimum absolute atomic E-state index is 0.0814. The predicted molar refractivity (Wildman–Crippen MR) is 165 cm³/mol. The predicted octanol–water partition coefficient (Wildman–Crippen LogP) is 4.69. The highest BCUT2D eigenvalue weighted by Crippen LogP contribution is 2.68. The summed E-state index contributed by atoms with van der Waals surface area (Å²) in [6.07, 6.45) is 17.5. The van der Waals surface area contributed by atoms with E-state index in [1.54, 1.807) is 0 Å². The molecule has 4 aliphatic rings. The first-order chi connectivity index (χ1) is 19.9. The summed E-state index contributed by atoms with van der Waals surface area (Å²) in [6.45, 7) is 8.95. The van der Waals surface area contributed by atoms with Crippen molar-refractivity contribution in [1.82, 2.24) is 10.6 Å². The van der Waals surface area contributed by atoms with E-state index in [0.29, 0.717) is 36.0 Å². The zero-order valence-electron chi connectivity index (χ0n) is 26.4. The zero-order valence-corrected chi connectivity index (χ0v) is 26.4. The number of hydrogen-bond donors (Lipinski definition) is 5. The summed E-state index contributed by atoms with van der Waals surface area (Å²) in [7, 11) is 0. The van der Waals surface area contributed by atoms with Gasteiger partial charge in [-0.25, -0.2) is 0 Å². The molecule has 7 nitrogen and oxygen atoms in total. The summed E-state index contributed by atoms with van der Waals surface area (Å²) in [5.74, 6) is 4.03. The second kappa shape index (κ2) is 13.8. The van der Waals surface area contributed by atoms with E-state index in [-0.39, 0.29) is 47.2 Å². The lowest BCUT2D eigenvalue weighted by Crippen LogP contribution is -2.62. The molecule has 7 heteroatoms. The Kier molecular flexibility index (Phi) is 10.9. The fourth-order valence-electron chi connectivity index (χ4n) is 9.96. The molecule has 1 unspecified atom stereocenters. The lowest BCUT2D eigenvalue weighted by Gasteiger charge is -2.63. The number of fused-ring (bicyclic) bond motifs is 5. The SMILES string of the molecule is C#CCC(NC(=O)C=CCC[C@@H](C)[C@H]1CC[C@H]2[C@@H]3[C@H](O)C[C@@H]4C[C@H](O)CC[C@]4(C)[C@H]3C[C@H](O)[C@]12C)NC(=O)CCCC. The zero-order chi connectivity index (χ0) is 30.7. The van der Waals surface area contributed by atoms with Crippen LogP contribution >= 0.6 is 0 Å². The summed E-state index contributed by atoms with van der Waals surface area (Å²) in [5.41, 5.74) is -0.142. The number of nitrogens with one attached hydrogen (secondary N) is 2. The van der Waals surface area contributed by atoms with Gasteiger partial charge in [-0.1, -0.05) is 40.2 Å². The van der Waals surface area contributed by atoms with Crippen LogP contribution in [0.4, 0.5) is 0 Å². The third-order valence-corrected chi connectivity index (χ3v) is 12.3. The van der Waals surface area contributed by atoms with E-state index in [2.05, 4.69) is 37.3 Å². The van der Waals surface area contributed by atoms with Gasteiger partial charge in [0, 0.05) is 12.8 Å². The van der Waals surface area contributed by atoms with E-state index in [4.69, 9.17) is 6.42 Å². The normalized spacial score (nSPS) is 40.7. The van der Waals surface area contributed by atoms with Gasteiger partial charge in [-0.3, -0.25) is 9.59 Å². The van der Waals surface area contributed by atoms with Crippen molar-refractivity contribution >= 4 is 11.8 Å². The Labute approximate surface area is 253 Å². The first kappa shape index (κ1) is 33.0. The first-order valence-electron chi connectivity index (χ1n) is 16.7. The van der Waals surface area contributed by atoms with Crippen molar-refractivity contribution in [2.24, 2.45) is 46.3 Å². The van der Waals surface area contributed by atoms with Crippen LogP contribution in [-0.2, 0) is 9.59 Å². The Balaban J connectivity index is 1.33. The maximum absolute atomic E-state index is 12.5. The van der Waals surface area contributed by atoms with Crippen LogP contribution in [0.3, 0.4) is 0 Å². The number of carbonyl (C=O) groups excluding carboxylic acids is 2. The van der Waals surface area contributed by atoms with Crippen molar-refractivity contribution in [3.63, 3.8) is 0 Å². The number of rotatable bonds is 11. The molecule has 2 amide bonds. The molecule has 12 atom stereocenters. The number of allylic oxidation sites excluding steroid dienone is 1. The van der Waals surface area contributed by atoms with E-state index < -0.39 is 12.3 Å². The second-order valence-corrected chi connectivity index (χ2v) is 14.6. The molecule has 0 radical (unpaired) electrons. The average Bonchev–Trinajstić information content (AvgIpc) is 3.30. The van der Waals surface area contributed by atoms with Crippen molar-refractivity contribution in [2.45, 2.75) is 136 Å². The Hall–Kier alpha value is -1.88. The number of aliphatic hydroxyl groups is 3. The molecule has 4 rings (SSSR count). The van der Waals surface area contributed by atoms with Crippen LogP contribution in [0.2, 0.25) is 0 Å². The summed E-state index contributed by atoms with van der Waals surface area (Å²) >= 11 is 0. The molecule has 0 saturated heterocycles. The Morgan fingerprint density at radius 2 is 1.83 bits per heavy atom. The fourth-order valence-corrected chi connectivity index (χ4v) is 9.96. The van der Waals surface area contributed by atoms with E-state index in [1.165, 1.54) is 6.08 Å². The molecule has 0 aromatic heterocycles. The average molecular weight is 585 g/mol. The topological polar surface area (TPSA) is 119 Å². The molecular weight excluding hydrogens is 528 g/mol. The monoisotopic (exact) mass is 584 g/mol. The Morgan fingerprint density at radius 3 is 2.55 bits per heavy atom. The highest BCUT2D eigenvalue weighted by molar-refractivity contribution is 5.88. The number of aliphatic hydroxyl groups excluding tert-OH is 3. The molecule has 4 aliphatic carbocycles. The maximum Gasteiger partial charge on any atom is 0.245 e. The van der Waals surface area contributed by atoms with Gasteiger partial charge in [0.2, 0.25) is 11.8 Å². The molecule has 0 aromatic carbocycles. The molecule has 42 heavy (non-hydrogen) atoms. The summed E-state index contributed by atoms with van der Waals surface area (Å²) in [6, 6.07) is 0. The Morgan fingerprint density at radius 1 is 1.07 bits per heavy atom. The van der Waals surface area contributed by atoms with Gasteiger partial charge in [0.25, 0.3) is 0 Å². The molecule has 4 saturated carbocycles.